The highest BCUT2D eigenvalue weighted by atomic mass is 19.1. The molecule has 0 heterocycles. The fourth-order valence-corrected chi connectivity index (χ4v) is 1.72. The highest BCUT2D eigenvalue weighted by Gasteiger charge is 2.07. The summed E-state index contributed by atoms with van der Waals surface area (Å²) in [5.74, 6) is -0.408. The highest BCUT2D eigenvalue weighted by Crippen LogP contribution is 2.19. The van der Waals surface area contributed by atoms with Gasteiger partial charge in [0, 0.05) is 0 Å². The molecule has 4 N–H and O–H groups in total. The van der Waals surface area contributed by atoms with Crippen molar-refractivity contribution in [3.05, 3.63) is 53.8 Å². The first-order valence-corrected chi connectivity index (χ1v) is 6.26. The zero-order valence-corrected chi connectivity index (χ0v) is 11.2. The van der Waals surface area contributed by atoms with Crippen LogP contribution in [0.1, 0.15) is 5.56 Å². The average Bonchev–Trinajstić information content (AvgIpc) is 2.48. The number of halogens is 1. The zero-order valence-electron chi connectivity index (χ0n) is 11.2. The van der Waals surface area contributed by atoms with Gasteiger partial charge in [-0.25, -0.2) is 4.39 Å². The maximum atomic E-state index is 12.9. The number of carbonyl (C=O) groups is 1. The fourth-order valence-electron chi connectivity index (χ4n) is 1.72. The lowest BCUT2D eigenvalue weighted by Gasteiger charge is -2.10. The molecule has 110 valence electrons. The van der Waals surface area contributed by atoms with Crippen LogP contribution >= 0.6 is 0 Å². The largest absolute Gasteiger partial charge is 0.484 e. The SMILES string of the molecule is Nc1cc(F)ccc1NC(=O)COc1cccc(CO)c1. The molecule has 0 aliphatic rings. The zero-order chi connectivity index (χ0) is 15.2. The van der Waals surface area contributed by atoms with Crippen LogP contribution in [0.25, 0.3) is 0 Å². The quantitative estimate of drug-likeness (QED) is 0.734. The molecule has 0 aromatic heterocycles. The van der Waals surface area contributed by atoms with Crippen molar-refractivity contribution in [2.75, 3.05) is 17.7 Å². The predicted octanol–water partition coefficient (Wildman–Crippen LogP) is 1.92. The minimum Gasteiger partial charge on any atom is -0.484 e. The number of aliphatic hydroxyl groups excluding tert-OH is 1. The molecule has 5 nitrogen and oxygen atoms in total. The van der Waals surface area contributed by atoms with Crippen molar-refractivity contribution in [2.45, 2.75) is 6.61 Å². The number of carbonyl (C=O) groups excluding carboxylic acids is 1. The van der Waals surface area contributed by atoms with E-state index in [1.54, 1.807) is 24.3 Å². The second-order valence-corrected chi connectivity index (χ2v) is 4.37. The molecule has 0 spiro atoms. The molecular weight excluding hydrogens is 275 g/mol. The monoisotopic (exact) mass is 290 g/mol. The lowest BCUT2D eigenvalue weighted by atomic mass is 10.2. The summed E-state index contributed by atoms with van der Waals surface area (Å²) in [5.41, 5.74) is 6.75. The number of aliphatic hydroxyl groups is 1. The molecule has 1 amide bonds. The standard InChI is InChI=1S/C15H15FN2O3/c16-11-4-5-14(13(17)7-11)18-15(20)9-21-12-3-1-2-10(6-12)8-19/h1-7,19H,8-9,17H2,(H,18,20). The first-order valence-electron chi connectivity index (χ1n) is 6.26. The molecule has 2 aromatic rings. The van der Waals surface area contributed by atoms with Crippen molar-refractivity contribution in [3.8, 4) is 5.75 Å². The van der Waals surface area contributed by atoms with Crippen LogP contribution in [-0.4, -0.2) is 17.6 Å². The Hall–Kier alpha value is -2.60. The Morgan fingerprint density at radius 2 is 2.10 bits per heavy atom. The number of rotatable bonds is 5. The van der Waals surface area contributed by atoms with Gasteiger partial charge in [-0.15, -0.1) is 0 Å². The molecular formula is C15H15FN2O3. The second-order valence-electron chi connectivity index (χ2n) is 4.37. The fraction of sp³-hybridized carbons (Fsp3) is 0.133. The molecule has 0 radical (unpaired) electrons. The van der Waals surface area contributed by atoms with E-state index < -0.39 is 11.7 Å². The van der Waals surface area contributed by atoms with Crippen LogP contribution in [0.15, 0.2) is 42.5 Å². The molecule has 2 aromatic carbocycles. The summed E-state index contributed by atoms with van der Waals surface area (Å²) in [7, 11) is 0. The van der Waals surface area contributed by atoms with Crippen molar-refractivity contribution in [1.82, 2.24) is 0 Å². The topological polar surface area (TPSA) is 84.6 Å². The van der Waals surface area contributed by atoms with E-state index in [9.17, 15) is 9.18 Å². The van der Waals surface area contributed by atoms with E-state index in [0.29, 0.717) is 17.0 Å². The molecule has 0 atom stereocenters. The highest BCUT2D eigenvalue weighted by molar-refractivity contribution is 5.94. The van der Waals surface area contributed by atoms with Crippen LogP contribution in [0.2, 0.25) is 0 Å². The lowest BCUT2D eigenvalue weighted by Crippen LogP contribution is -2.20. The van der Waals surface area contributed by atoms with Crippen LogP contribution in [-0.2, 0) is 11.4 Å². The number of nitrogen functional groups attached to an aromatic ring is 1. The molecule has 21 heavy (non-hydrogen) atoms. The van der Waals surface area contributed by atoms with Gasteiger partial charge in [0.25, 0.3) is 5.91 Å². The predicted molar refractivity (Wildman–Crippen MR) is 77.3 cm³/mol. The smallest absolute Gasteiger partial charge is 0.262 e. The number of hydrogen-bond acceptors (Lipinski definition) is 4. The first-order chi connectivity index (χ1) is 10.1. The number of nitrogens with one attached hydrogen (secondary N) is 1. The van der Waals surface area contributed by atoms with E-state index >= 15 is 0 Å². The van der Waals surface area contributed by atoms with Crippen LogP contribution in [0.4, 0.5) is 15.8 Å². The Morgan fingerprint density at radius 3 is 2.81 bits per heavy atom. The molecule has 0 bridgehead atoms. The van der Waals surface area contributed by atoms with Gasteiger partial charge in [-0.2, -0.15) is 0 Å². The average molecular weight is 290 g/mol. The summed E-state index contributed by atoms with van der Waals surface area (Å²) in [6, 6.07) is 10.5. The van der Waals surface area contributed by atoms with E-state index in [2.05, 4.69) is 5.32 Å². The normalized spacial score (nSPS) is 10.2. The molecule has 0 unspecified atom stereocenters. The van der Waals surface area contributed by atoms with Gasteiger partial charge in [0.2, 0.25) is 0 Å². The van der Waals surface area contributed by atoms with Gasteiger partial charge in [0.15, 0.2) is 6.61 Å². The molecule has 0 saturated heterocycles. The Labute approximate surface area is 121 Å². The van der Waals surface area contributed by atoms with Crippen LogP contribution in [0.5, 0.6) is 5.75 Å². The minimum atomic E-state index is -0.470. The first kappa shape index (κ1) is 14.8. The third-order valence-corrected chi connectivity index (χ3v) is 2.74. The van der Waals surface area contributed by atoms with Crippen LogP contribution in [0, 0.1) is 5.82 Å². The van der Waals surface area contributed by atoms with E-state index in [1.807, 2.05) is 0 Å². The van der Waals surface area contributed by atoms with Gasteiger partial charge in [-0.05, 0) is 35.9 Å². The number of anilines is 2. The van der Waals surface area contributed by atoms with Gasteiger partial charge in [0.1, 0.15) is 11.6 Å². The summed E-state index contributed by atoms with van der Waals surface area (Å²) >= 11 is 0. The van der Waals surface area contributed by atoms with Gasteiger partial charge in [-0.3, -0.25) is 4.79 Å². The van der Waals surface area contributed by atoms with E-state index in [-0.39, 0.29) is 18.9 Å². The van der Waals surface area contributed by atoms with Crippen LogP contribution < -0.4 is 15.8 Å². The van der Waals surface area contributed by atoms with Crippen molar-refractivity contribution in [2.24, 2.45) is 0 Å². The van der Waals surface area contributed by atoms with Crippen molar-refractivity contribution >= 4 is 17.3 Å². The Bertz CT molecular complexity index is 647. The number of ether oxygens (including phenoxy) is 1. The minimum absolute atomic E-state index is 0.102. The van der Waals surface area contributed by atoms with Crippen molar-refractivity contribution in [1.29, 1.82) is 0 Å². The van der Waals surface area contributed by atoms with Gasteiger partial charge < -0.3 is 20.9 Å². The van der Waals surface area contributed by atoms with Crippen molar-refractivity contribution < 1.29 is 19.0 Å². The molecule has 6 heteroatoms. The van der Waals surface area contributed by atoms with Gasteiger partial charge in [0.05, 0.1) is 18.0 Å². The van der Waals surface area contributed by atoms with Gasteiger partial charge >= 0.3 is 0 Å². The molecule has 2 rings (SSSR count). The molecule has 0 aliphatic heterocycles. The Kier molecular flexibility index (Phi) is 4.73. The maximum absolute atomic E-state index is 12.9. The number of amides is 1. The summed E-state index contributed by atoms with van der Waals surface area (Å²) in [6.45, 7) is -0.318. The Balaban J connectivity index is 1.92. The second kappa shape index (κ2) is 6.71. The van der Waals surface area contributed by atoms with E-state index in [4.69, 9.17) is 15.6 Å². The third-order valence-electron chi connectivity index (χ3n) is 2.74. The third kappa shape index (κ3) is 4.19. The van der Waals surface area contributed by atoms with E-state index in [0.717, 1.165) is 6.07 Å². The summed E-state index contributed by atoms with van der Waals surface area (Å²) in [4.78, 5) is 11.7. The number of nitrogens with two attached hydrogens (primary N) is 1. The summed E-state index contributed by atoms with van der Waals surface area (Å²) in [5, 5.41) is 11.5. The lowest BCUT2D eigenvalue weighted by molar-refractivity contribution is -0.118. The summed E-state index contributed by atoms with van der Waals surface area (Å²) < 4.78 is 18.2. The van der Waals surface area contributed by atoms with Gasteiger partial charge in [-0.1, -0.05) is 12.1 Å². The van der Waals surface area contributed by atoms with Crippen LogP contribution in [0.3, 0.4) is 0 Å². The molecule has 0 saturated carbocycles. The number of hydrogen-bond donors (Lipinski definition) is 3. The van der Waals surface area contributed by atoms with Crippen molar-refractivity contribution in [3.63, 3.8) is 0 Å². The molecule has 0 fully saturated rings. The van der Waals surface area contributed by atoms with E-state index in [1.165, 1.54) is 12.1 Å². The maximum Gasteiger partial charge on any atom is 0.262 e. The molecule has 0 aliphatic carbocycles. The summed E-state index contributed by atoms with van der Waals surface area (Å²) in [6.07, 6.45) is 0. The number of benzene rings is 2. The Morgan fingerprint density at radius 1 is 1.29 bits per heavy atom.